The predicted molar refractivity (Wildman–Crippen MR) is 265 cm³/mol. The summed E-state index contributed by atoms with van der Waals surface area (Å²) in [7, 11) is 0. The molecule has 1 aromatic heterocycles. The summed E-state index contributed by atoms with van der Waals surface area (Å²) in [6.45, 7) is 6.95. The van der Waals surface area contributed by atoms with Crippen LogP contribution in [0.1, 0.15) is 333 Å². The molecule has 0 aliphatic carbocycles. The topological polar surface area (TPSA) is 12.9 Å². The average Bonchev–Trinajstić information content (AvgIpc) is 3.23. The number of rotatable bonds is 49. The second kappa shape index (κ2) is 47.2. The van der Waals surface area contributed by atoms with Gasteiger partial charge in [-0.2, -0.15) is 0 Å². The highest BCUT2D eigenvalue weighted by Gasteiger charge is 2.05. The summed E-state index contributed by atoms with van der Waals surface area (Å²) in [6, 6.07) is 4.91. The van der Waals surface area contributed by atoms with Crippen LogP contribution in [0.15, 0.2) is 12.1 Å². The third kappa shape index (κ3) is 40.6. The van der Waals surface area contributed by atoms with Crippen molar-refractivity contribution < 1.29 is 0 Å². The summed E-state index contributed by atoms with van der Waals surface area (Å²) in [4.78, 5) is 5.19. The number of pyridine rings is 1. The number of aryl methyl sites for hydroxylation is 3. The van der Waals surface area contributed by atoms with E-state index in [-0.39, 0.29) is 0 Å². The first-order valence-electron chi connectivity index (χ1n) is 27.8. The quantitative estimate of drug-likeness (QED) is 0.0598. The maximum absolute atomic E-state index is 5.19. The van der Waals surface area contributed by atoms with Crippen molar-refractivity contribution >= 4 is 0 Å². The van der Waals surface area contributed by atoms with Gasteiger partial charge in [-0.15, -0.1) is 0 Å². The zero-order valence-electron chi connectivity index (χ0n) is 40.8. The van der Waals surface area contributed by atoms with Crippen LogP contribution in [0.4, 0.5) is 0 Å². The molecule has 0 N–H and O–H groups in total. The van der Waals surface area contributed by atoms with Crippen molar-refractivity contribution in [3.8, 4) is 0 Å². The molecule has 0 aliphatic rings. The molecule has 0 saturated heterocycles. The Kier molecular flexibility index (Phi) is 44.9. The van der Waals surface area contributed by atoms with Crippen molar-refractivity contribution in [2.45, 2.75) is 335 Å². The summed E-state index contributed by atoms with van der Waals surface area (Å²) >= 11 is 0. The normalized spacial score (nSPS) is 11.6. The molecule has 0 fully saturated rings. The molecule has 0 aliphatic heterocycles. The van der Waals surface area contributed by atoms with E-state index in [9.17, 15) is 0 Å². The molecular weight excluding hydrogens is 699 g/mol. The van der Waals surface area contributed by atoms with Crippen molar-refractivity contribution in [1.29, 1.82) is 0 Å². The van der Waals surface area contributed by atoms with Crippen LogP contribution >= 0.6 is 0 Å². The Morgan fingerprint density at radius 3 is 0.621 bits per heavy atom. The van der Waals surface area contributed by atoms with Crippen LogP contribution in [0.3, 0.4) is 0 Å². The Balaban J connectivity index is 1.96. The molecule has 58 heavy (non-hydrogen) atoms. The van der Waals surface area contributed by atoms with E-state index in [0.29, 0.717) is 0 Å². The van der Waals surface area contributed by atoms with Crippen molar-refractivity contribution in [2.75, 3.05) is 0 Å². The van der Waals surface area contributed by atoms with Gasteiger partial charge in [0.1, 0.15) is 0 Å². The first-order valence-corrected chi connectivity index (χ1v) is 27.8. The van der Waals surface area contributed by atoms with Crippen molar-refractivity contribution in [3.63, 3.8) is 0 Å². The largest absolute Gasteiger partial charge is 0.258 e. The highest BCUT2D eigenvalue weighted by Crippen LogP contribution is 2.19. The fourth-order valence-electron chi connectivity index (χ4n) is 9.33. The van der Waals surface area contributed by atoms with E-state index in [2.05, 4.69) is 32.9 Å². The van der Waals surface area contributed by atoms with Gasteiger partial charge in [-0.25, -0.2) is 0 Å². The first-order chi connectivity index (χ1) is 28.8. The summed E-state index contributed by atoms with van der Waals surface area (Å²) in [5, 5.41) is 0. The van der Waals surface area contributed by atoms with Crippen LogP contribution in [0.2, 0.25) is 0 Å². The molecule has 0 unspecified atom stereocenters. The van der Waals surface area contributed by atoms with Gasteiger partial charge in [0.15, 0.2) is 0 Å². The zero-order chi connectivity index (χ0) is 41.5. The van der Waals surface area contributed by atoms with Crippen LogP contribution < -0.4 is 0 Å². The minimum atomic E-state index is 1.19. The fourth-order valence-corrected chi connectivity index (χ4v) is 9.33. The molecule has 0 spiro atoms. The maximum Gasteiger partial charge on any atom is 0.0409 e. The molecule has 1 rings (SSSR count). The molecule has 0 saturated carbocycles. The van der Waals surface area contributed by atoms with Crippen molar-refractivity contribution in [3.05, 3.63) is 29.1 Å². The van der Waals surface area contributed by atoms with E-state index in [0.717, 1.165) is 0 Å². The highest BCUT2D eigenvalue weighted by molar-refractivity contribution is 5.22. The van der Waals surface area contributed by atoms with E-state index in [1.54, 1.807) is 5.56 Å². The van der Waals surface area contributed by atoms with Gasteiger partial charge in [0.2, 0.25) is 0 Å². The van der Waals surface area contributed by atoms with Crippen LogP contribution in [0.5, 0.6) is 0 Å². The Labute approximate surface area is 368 Å². The van der Waals surface area contributed by atoms with Crippen LogP contribution in [0.25, 0.3) is 0 Å². The Bertz CT molecular complexity index is 838. The van der Waals surface area contributed by atoms with Crippen molar-refractivity contribution in [2.24, 2.45) is 0 Å². The van der Waals surface area contributed by atoms with Crippen LogP contribution in [0, 0.1) is 0 Å². The molecule has 0 aromatic carbocycles. The SMILES string of the molecule is CCCCCCCCCCCCCCCCCCCCCCCCc1cc(CCCC)cc(CCCCCCCCCCCCCCCCCCCCCCCC)n1. The summed E-state index contributed by atoms with van der Waals surface area (Å²) in [5.74, 6) is 0. The molecule has 0 atom stereocenters. The Hall–Kier alpha value is -0.850. The molecule has 1 aromatic rings. The highest BCUT2D eigenvalue weighted by atomic mass is 14.7. The number of aromatic nitrogens is 1. The van der Waals surface area contributed by atoms with Gasteiger partial charge in [-0.3, -0.25) is 4.98 Å². The zero-order valence-corrected chi connectivity index (χ0v) is 40.8. The van der Waals surface area contributed by atoms with Gasteiger partial charge in [0, 0.05) is 11.4 Å². The van der Waals surface area contributed by atoms with Gasteiger partial charge in [0.25, 0.3) is 0 Å². The number of hydrogen-bond acceptors (Lipinski definition) is 1. The molecule has 342 valence electrons. The van der Waals surface area contributed by atoms with Gasteiger partial charge in [-0.05, 0) is 56.2 Å². The molecular formula is C57H109N. The minimum Gasteiger partial charge on any atom is -0.258 e. The smallest absolute Gasteiger partial charge is 0.0409 e. The molecule has 0 amide bonds. The lowest BCUT2D eigenvalue weighted by Gasteiger charge is -2.10. The van der Waals surface area contributed by atoms with E-state index in [1.807, 2.05) is 0 Å². The molecule has 1 heteroatoms. The minimum absolute atomic E-state index is 1.19. The van der Waals surface area contributed by atoms with Gasteiger partial charge >= 0.3 is 0 Å². The van der Waals surface area contributed by atoms with Crippen LogP contribution in [-0.4, -0.2) is 4.98 Å². The second-order valence-electron chi connectivity index (χ2n) is 19.4. The van der Waals surface area contributed by atoms with E-state index in [1.165, 1.54) is 326 Å². The Morgan fingerprint density at radius 2 is 0.414 bits per heavy atom. The lowest BCUT2D eigenvalue weighted by molar-refractivity contribution is 0.518. The third-order valence-electron chi connectivity index (χ3n) is 13.4. The Morgan fingerprint density at radius 1 is 0.224 bits per heavy atom. The number of nitrogens with zero attached hydrogens (tertiary/aromatic N) is 1. The summed E-state index contributed by atoms with van der Waals surface area (Å²) in [5.41, 5.74) is 4.32. The molecule has 0 bridgehead atoms. The average molecular weight is 809 g/mol. The van der Waals surface area contributed by atoms with E-state index in [4.69, 9.17) is 4.98 Å². The predicted octanol–water partition coefficient (Wildman–Crippen LogP) is 20.7. The van der Waals surface area contributed by atoms with Crippen molar-refractivity contribution in [1.82, 2.24) is 4.98 Å². The van der Waals surface area contributed by atoms with Gasteiger partial charge < -0.3 is 0 Å². The standard InChI is InChI=1S/C57H109N/c1-4-7-10-12-14-16-18-20-22-24-26-28-30-32-34-36-38-40-42-44-46-48-51-56-53-55(50-9-6-3)54-57(58-56)52-49-47-45-43-41-39-37-35-33-31-29-27-25-23-21-19-17-15-13-11-8-5-2/h53-54H,4-52H2,1-3H3. The molecule has 0 radical (unpaired) electrons. The van der Waals surface area contributed by atoms with Gasteiger partial charge in [-0.1, -0.05) is 297 Å². The fraction of sp³-hybridized carbons (Fsp3) is 0.912. The molecule has 1 heterocycles. The van der Waals surface area contributed by atoms with Gasteiger partial charge in [0.05, 0.1) is 0 Å². The lowest BCUT2D eigenvalue weighted by Crippen LogP contribution is -2.00. The van der Waals surface area contributed by atoms with E-state index < -0.39 is 0 Å². The van der Waals surface area contributed by atoms with Crippen LogP contribution in [-0.2, 0) is 19.3 Å². The lowest BCUT2D eigenvalue weighted by atomic mass is 10.0. The second-order valence-corrected chi connectivity index (χ2v) is 19.4. The summed E-state index contributed by atoms with van der Waals surface area (Å²) < 4.78 is 0. The maximum atomic E-state index is 5.19. The third-order valence-corrected chi connectivity index (χ3v) is 13.4. The monoisotopic (exact) mass is 808 g/mol. The summed E-state index contributed by atoms with van der Waals surface area (Å²) in [6.07, 6.45) is 70.1. The first kappa shape index (κ1) is 55.2. The van der Waals surface area contributed by atoms with E-state index >= 15 is 0 Å². The number of hydrogen-bond donors (Lipinski definition) is 0. The number of unbranched alkanes of at least 4 members (excludes halogenated alkanes) is 43. The molecule has 1 nitrogen and oxygen atoms in total.